The van der Waals surface area contributed by atoms with Gasteiger partial charge < -0.3 is 0 Å². The van der Waals surface area contributed by atoms with Gasteiger partial charge in [-0.3, -0.25) is 0 Å². The Labute approximate surface area is 108 Å². The third-order valence-electron chi connectivity index (χ3n) is 2.44. The molecule has 0 unspecified atom stereocenters. The highest BCUT2D eigenvalue weighted by Crippen LogP contribution is 1.97. The van der Waals surface area contributed by atoms with Crippen molar-refractivity contribution in [3.8, 4) is 0 Å². The van der Waals surface area contributed by atoms with Gasteiger partial charge in [0.2, 0.25) is 0 Å². The van der Waals surface area contributed by atoms with Gasteiger partial charge in [0.15, 0.2) is 0 Å². The van der Waals surface area contributed by atoms with Gasteiger partial charge >= 0.3 is 0 Å². The van der Waals surface area contributed by atoms with E-state index in [0.717, 1.165) is 25.7 Å². The van der Waals surface area contributed by atoms with Gasteiger partial charge in [-0.25, -0.2) is 0 Å². The molecule has 0 aromatic carbocycles. The molecule has 0 saturated heterocycles. The quantitative estimate of drug-likeness (QED) is 0.321. The van der Waals surface area contributed by atoms with Gasteiger partial charge in [0.05, 0.1) is 0 Å². The summed E-state index contributed by atoms with van der Waals surface area (Å²) in [5, 5.41) is 0. The lowest BCUT2D eigenvalue weighted by atomic mass is 10.2. The Hall–Kier alpha value is -1.04. The van der Waals surface area contributed by atoms with Crippen LogP contribution >= 0.6 is 0 Å². The van der Waals surface area contributed by atoms with Gasteiger partial charge in [0.25, 0.3) is 0 Å². The summed E-state index contributed by atoms with van der Waals surface area (Å²) in [6.45, 7) is 4.40. The normalized spacial score (nSPS) is 12.8. The molecule has 0 amide bonds. The van der Waals surface area contributed by atoms with Crippen molar-refractivity contribution in [2.24, 2.45) is 0 Å². The van der Waals surface area contributed by atoms with Crippen LogP contribution in [0, 0.1) is 0 Å². The van der Waals surface area contributed by atoms with Crippen LogP contribution in [0.15, 0.2) is 48.6 Å². The minimum atomic E-state index is 1.06. The highest BCUT2D eigenvalue weighted by atomic mass is 13.8. The third kappa shape index (κ3) is 15.0. The number of unbranched alkanes of at least 4 members (excludes halogenated alkanes) is 2. The second-order valence-corrected chi connectivity index (χ2v) is 4.14. The van der Waals surface area contributed by atoms with Crippen LogP contribution in [-0.2, 0) is 0 Å². The lowest BCUT2D eigenvalue weighted by Crippen LogP contribution is -1.67. The van der Waals surface area contributed by atoms with Crippen molar-refractivity contribution in [2.45, 2.75) is 58.8 Å². The molecule has 0 bridgehead atoms. The van der Waals surface area contributed by atoms with Gasteiger partial charge in [-0.15, -0.1) is 0 Å². The molecule has 0 spiro atoms. The predicted octanol–water partition coefficient (Wildman–Crippen LogP) is 5.98. The van der Waals surface area contributed by atoms with Crippen LogP contribution in [0.25, 0.3) is 0 Å². The maximum absolute atomic E-state index is 2.29. The van der Waals surface area contributed by atoms with Crippen molar-refractivity contribution in [2.75, 3.05) is 0 Å². The smallest absolute Gasteiger partial charge is 0.0169 e. The molecule has 0 heterocycles. The number of hydrogen-bond acceptors (Lipinski definition) is 0. The molecule has 0 aromatic heterocycles. The molecule has 0 radical (unpaired) electrons. The van der Waals surface area contributed by atoms with Crippen molar-refractivity contribution in [1.29, 1.82) is 0 Å². The second-order valence-electron chi connectivity index (χ2n) is 4.14. The number of allylic oxidation sites excluding steroid dienone is 8. The summed E-state index contributed by atoms with van der Waals surface area (Å²) in [6, 6.07) is 0. The molecule has 96 valence electrons. The predicted molar refractivity (Wildman–Crippen MR) is 80.2 cm³/mol. The van der Waals surface area contributed by atoms with E-state index in [1.165, 1.54) is 19.3 Å². The standard InChI is InChI=1S/C17H28/c1-3-5-7-9-11-13-15-17-16-14-12-10-8-6-4-2/h5,7,10-13,16-17H,3-4,6,8-9,14-15H2,1-2H3/b7-5-,12-10-,13-11-,17-16-. The zero-order valence-electron chi connectivity index (χ0n) is 11.6. The summed E-state index contributed by atoms with van der Waals surface area (Å²) in [5.74, 6) is 0. The molecular formula is C17H28. The Morgan fingerprint density at radius 1 is 0.588 bits per heavy atom. The van der Waals surface area contributed by atoms with Crippen LogP contribution in [0.4, 0.5) is 0 Å². The van der Waals surface area contributed by atoms with E-state index in [1.807, 2.05) is 0 Å². The fourth-order valence-corrected chi connectivity index (χ4v) is 1.42. The van der Waals surface area contributed by atoms with Crippen LogP contribution in [0.1, 0.15) is 58.8 Å². The summed E-state index contributed by atoms with van der Waals surface area (Å²) in [5.41, 5.74) is 0. The first kappa shape index (κ1) is 16.0. The molecule has 17 heavy (non-hydrogen) atoms. The van der Waals surface area contributed by atoms with Crippen molar-refractivity contribution in [3.63, 3.8) is 0 Å². The van der Waals surface area contributed by atoms with E-state index in [9.17, 15) is 0 Å². The Morgan fingerprint density at radius 3 is 1.53 bits per heavy atom. The van der Waals surface area contributed by atoms with Crippen LogP contribution in [0.5, 0.6) is 0 Å². The summed E-state index contributed by atoms with van der Waals surface area (Å²) in [7, 11) is 0. The van der Waals surface area contributed by atoms with Gasteiger partial charge in [-0.05, 0) is 32.1 Å². The van der Waals surface area contributed by atoms with Gasteiger partial charge in [0.1, 0.15) is 0 Å². The van der Waals surface area contributed by atoms with Gasteiger partial charge in [0, 0.05) is 0 Å². The van der Waals surface area contributed by atoms with E-state index in [0.29, 0.717) is 0 Å². The average molecular weight is 232 g/mol. The number of rotatable bonds is 10. The molecule has 0 aliphatic heterocycles. The Bertz CT molecular complexity index is 241. The molecule has 0 heteroatoms. The molecule has 0 aromatic rings. The van der Waals surface area contributed by atoms with Crippen molar-refractivity contribution in [3.05, 3.63) is 48.6 Å². The van der Waals surface area contributed by atoms with E-state index >= 15 is 0 Å². The average Bonchev–Trinajstić information content (AvgIpc) is 2.35. The van der Waals surface area contributed by atoms with E-state index in [-0.39, 0.29) is 0 Å². The topological polar surface area (TPSA) is 0 Å². The van der Waals surface area contributed by atoms with Crippen molar-refractivity contribution in [1.82, 2.24) is 0 Å². The molecule has 0 rings (SSSR count). The molecule has 0 fully saturated rings. The van der Waals surface area contributed by atoms with E-state index in [4.69, 9.17) is 0 Å². The number of hydrogen-bond donors (Lipinski definition) is 0. The highest BCUT2D eigenvalue weighted by molar-refractivity contribution is 4.99. The monoisotopic (exact) mass is 232 g/mol. The zero-order chi connectivity index (χ0) is 12.6. The Morgan fingerprint density at radius 2 is 1.06 bits per heavy atom. The summed E-state index contributed by atoms with van der Waals surface area (Å²) >= 11 is 0. The van der Waals surface area contributed by atoms with Crippen LogP contribution in [0.3, 0.4) is 0 Å². The zero-order valence-corrected chi connectivity index (χ0v) is 11.6. The fourth-order valence-electron chi connectivity index (χ4n) is 1.42. The van der Waals surface area contributed by atoms with Crippen LogP contribution < -0.4 is 0 Å². The fraction of sp³-hybridized carbons (Fsp3) is 0.529. The highest BCUT2D eigenvalue weighted by Gasteiger charge is 1.77. The first-order valence-corrected chi connectivity index (χ1v) is 7.01. The lowest BCUT2D eigenvalue weighted by molar-refractivity contribution is 0.813. The van der Waals surface area contributed by atoms with Gasteiger partial charge in [-0.1, -0.05) is 75.3 Å². The van der Waals surface area contributed by atoms with Crippen LogP contribution in [-0.4, -0.2) is 0 Å². The molecule has 0 saturated carbocycles. The summed E-state index contributed by atoms with van der Waals surface area (Å²) in [4.78, 5) is 0. The first-order chi connectivity index (χ1) is 8.41. The van der Waals surface area contributed by atoms with Crippen molar-refractivity contribution < 1.29 is 0 Å². The molecule has 0 aliphatic rings. The molecular weight excluding hydrogens is 204 g/mol. The molecule has 0 aliphatic carbocycles. The lowest BCUT2D eigenvalue weighted by Gasteiger charge is -1.87. The van der Waals surface area contributed by atoms with E-state index < -0.39 is 0 Å². The maximum atomic E-state index is 2.29. The molecule has 0 N–H and O–H groups in total. The first-order valence-electron chi connectivity index (χ1n) is 7.01. The maximum Gasteiger partial charge on any atom is -0.0169 e. The molecule has 0 atom stereocenters. The second kappa shape index (κ2) is 15.0. The Balaban J connectivity index is 3.35. The van der Waals surface area contributed by atoms with Crippen molar-refractivity contribution >= 4 is 0 Å². The third-order valence-corrected chi connectivity index (χ3v) is 2.44. The SMILES string of the molecule is CC/C=C\C/C=C\C/C=C\C/C=C\CCCC. The largest absolute Gasteiger partial charge is 0.0885 e. The Kier molecular flexibility index (Phi) is 14.0. The summed E-state index contributed by atoms with van der Waals surface area (Å²) < 4.78 is 0. The van der Waals surface area contributed by atoms with E-state index in [2.05, 4.69) is 62.5 Å². The minimum Gasteiger partial charge on any atom is -0.0885 e. The minimum absolute atomic E-state index is 1.06. The summed E-state index contributed by atoms with van der Waals surface area (Å²) in [6.07, 6.45) is 26.1. The van der Waals surface area contributed by atoms with Gasteiger partial charge in [-0.2, -0.15) is 0 Å². The van der Waals surface area contributed by atoms with Crippen LogP contribution in [0.2, 0.25) is 0 Å². The van der Waals surface area contributed by atoms with E-state index in [1.54, 1.807) is 0 Å². The molecule has 0 nitrogen and oxygen atoms in total.